The highest BCUT2D eigenvalue weighted by atomic mass is 35.5. The molecule has 0 unspecified atom stereocenters. The minimum absolute atomic E-state index is 0.0912. The highest BCUT2D eigenvalue weighted by molar-refractivity contribution is 6.34. The largest absolute Gasteiger partial charge is 0.488 e. The predicted molar refractivity (Wildman–Crippen MR) is 184 cm³/mol. The molecule has 0 aromatic heterocycles. The zero-order chi connectivity index (χ0) is 31.8. The molecule has 8 nitrogen and oxygen atoms in total. The molecule has 0 radical (unpaired) electrons. The van der Waals surface area contributed by atoms with Crippen LogP contribution in [0, 0.1) is 0 Å². The third-order valence-electron chi connectivity index (χ3n) is 8.71. The maximum atomic E-state index is 12.2. The van der Waals surface area contributed by atoms with Crippen molar-refractivity contribution < 1.29 is 19.0 Å². The van der Waals surface area contributed by atoms with E-state index in [-0.39, 0.29) is 12.2 Å². The van der Waals surface area contributed by atoms with Gasteiger partial charge >= 0.3 is 6.09 Å². The monoisotopic (exact) mass is 660 g/mol. The zero-order valence-corrected chi connectivity index (χ0v) is 28.7. The van der Waals surface area contributed by atoms with Gasteiger partial charge in [-0.15, -0.1) is 0 Å². The van der Waals surface area contributed by atoms with Gasteiger partial charge < -0.3 is 34.2 Å². The summed E-state index contributed by atoms with van der Waals surface area (Å²) >= 11 is 12.9. The third-order valence-corrected chi connectivity index (χ3v) is 9.32. The molecule has 10 heteroatoms. The number of hydrogen-bond donors (Lipinski definition) is 1. The van der Waals surface area contributed by atoms with Gasteiger partial charge in [0.25, 0.3) is 0 Å². The van der Waals surface area contributed by atoms with E-state index < -0.39 is 5.60 Å². The molecule has 6 rings (SSSR count). The summed E-state index contributed by atoms with van der Waals surface area (Å²) < 4.78 is 18.0. The highest BCUT2D eigenvalue weighted by Gasteiger charge is 2.29. The molecule has 0 atom stereocenters. The molecule has 0 aliphatic carbocycles. The Morgan fingerprint density at radius 2 is 1.16 bits per heavy atom. The number of carbonyl (C=O) groups is 1. The van der Waals surface area contributed by atoms with E-state index in [0.717, 1.165) is 97.9 Å². The Morgan fingerprint density at radius 1 is 0.711 bits per heavy atom. The number of benzene rings is 2. The van der Waals surface area contributed by atoms with Crippen LogP contribution in [0.4, 0.5) is 16.2 Å². The van der Waals surface area contributed by atoms with Crippen molar-refractivity contribution in [3.63, 3.8) is 0 Å². The molecule has 0 spiro atoms. The lowest BCUT2D eigenvalue weighted by molar-refractivity contribution is 0.0127. The first kappa shape index (κ1) is 33.8. The Morgan fingerprint density at radius 3 is 1.60 bits per heavy atom. The van der Waals surface area contributed by atoms with E-state index in [2.05, 4.69) is 21.2 Å². The fourth-order valence-corrected chi connectivity index (χ4v) is 7.00. The second kappa shape index (κ2) is 15.8. The number of ether oxygens (including phenoxy) is 3. The minimum Gasteiger partial charge on any atom is -0.488 e. The SMILES string of the molecule is CC(C)(C)OC(=O)N1CCC(Oc2cccc(Cl)c2N2CCCC2)CC1.Clc1cccc(OC2CCNCC2)c1N1CCCC1. The van der Waals surface area contributed by atoms with Crippen molar-refractivity contribution in [2.75, 3.05) is 62.2 Å². The van der Waals surface area contributed by atoms with Gasteiger partial charge in [0.05, 0.1) is 21.4 Å². The topological polar surface area (TPSA) is 66.5 Å². The van der Waals surface area contributed by atoms with E-state index in [0.29, 0.717) is 19.2 Å². The summed E-state index contributed by atoms with van der Waals surface area (Å²) in [5.74, 6) is 1.82. The number of anilines is 2. The molecule has 4 saturated heterocycles. The van der Waals surface area contributed by atoms with Crippen molar-refractivity contribution in [2.24, 2.45) is 0 Å². The number of rotatable bonds is 6. The Balaban J connectivity index is 0.000000186. The summed E-state index contributed by atoms with van der Waals surface area (Å²) in [7, 11) is 0. The number of carbonyl (C=O) groups excluding carboxylic acids is 1. The van der Waals surface area contributed by atoms with Gasteiger partial charge in [-0.25, -0.2) is 4.79 Å². The highest BCUT2D eigenvalue weighted by Crippen LogP contribution is 2.40. The van der Waals surface area contributed by atoms with Gasteiger partial charge in [-0.2, -0.15) is 0 Å². The molecule has 248 valence electrons. The molecule has 1 N–H and O–H groups in total. The van der Waals surface area contributed by atoms with Crippen LogP contribution < -0.4 is 24.6 Å². The van der Waals surface area contributed by atoms with E-state index in [9.17, 15) is 4.79 Å². The molecule has 0 bridgehead atoms. The van der Waals surface area contributed by atoms with Gasteiger partial charge in [-0.05, 0) is 96.7 Å². The van der Waals surface area contributed by atoms with Gasteiger partial charge in [0.2, 0.25) is 0 Å². The molecule has 4 aliphatic rings. The summed E-state index contributed by atoms with van der Waals surface area (Å²) in [6.07, 6.45) is 8.80. The number of nitrogens with one attached hydrogen (secondary N) is 1. The summed E-state index contributed by atoms with van der Waals surface area (Å²) in [4.78, 5) is 18.6. The number of piperidine rings is 2. The maximum Gasteiger partial charge on any atom is 0.410 e. The third kappa shape index (κ3) is 9.49. The van der Waals surface area contributed by atoms with Gasteiger partial charge in [0, 0.05) is 52.1 Å². The average Bonchev–Trinajstić information content (AvgIpc) is 3.73. The fourth-order valence-electron chi connectivity index (χ4n) is 6.43. The fraction of sp³-hybridized carbons (Fsp3) is 0.629. The summed E-state index contributed by atoms with van der Waals surface area (Å²) in [5, 5.41) is 4.92. The van der Waals surface area contributed by atoms with E-state index in [1.54, 1.807) is 4.90 Å². The van der Waals surface area contributed by atoms with E-state index in [1.807, 2.05) is 51.1 Å². The molecule has 2 aromatic rings. The maximum absolute atomic E-state index is 12.2. The first-order chi connectivity index (χ1) is 21.7. The van der Waals surface area contributed by atoms with Crippen LogP contribution in [-0.4, -0.2) is 81.2 Å². The van der Waals surface area contributed by atoms with E-state index in [1.165, 1.54) is 25.7 Å². The minimum atomic E-state index is -0.462. The van der Waals surface area contributed by atoms with E-state index >= 15 is 0 Å². The van der Waals surface area contributed by atoms with Crippen molar-refractivity contribution in [3.8, 4) is 11.5 Å². The Bertz CT molecular complexity index is 1250. The average molecular weight is 662 g/mol. The Hall–Kier alpha value is -2.55. The molecular formula is C35H50Cl2N4O4. The van der Waals surface area contributed by atoms with Gasteiger partial charge in [-0.1, -0.05) is 35.3 Å². The summed E-state index contributed by atoms with van der Waals surface area (Å²) in [5.41, 5.74) is 1.65. The Labute approximate surface area is 279 Å². The number of para-hydroxylation sites is 2. The summed E-state index contributed by atoms with van der Waals surface area (Å²) in [6.45, 7) is 13.3. The molecule has 4 heterocycles. The summed E-state index contributed by atoms with van der Waals surface area (Å²) in [6, 6.07) is 11.9. The van der Waals surface area contributed by atoms with Crippen LogP contribution in [0.3, 0.4) is 0 Å². The lowest BCUT2D eigenvalue weighted by Crippen LogP contribution is -2.44. The van der Waals surface area contributed by atoms with Crippen molar-refractivity contribution in [3.05, 3.63) is 46.4 Å². The van der Waals surface area contributed by atoms with Gasteiger partial charge in [-0.3, -0.25) is 0 Å². The van der Waals surface area contributed by atoms with Crippen LogP contribution in [0.2, 0.25) is 10.0 Å². The Kier molecular flexibility index (Phi) is 11.9. The van der Waals surface area contributed by atoms with Gasteiger partial charge in [0.15, 0.2) is 0 Å². The number of hydrogen-bond acceptors (Lipinski definition) is 7. The van der Waals surface area contributed by atoms with Crippen LogP contribution in [0.1, 0.15) is 72.1 Å². The van der Waals surface area contributed by atoms with Crippen LogP contribution in [0.25, 0.3) is 0 Å². The molecule has 0 saturated carbocycles. The van der Waals surface area contributed by atoms with Crippen LogP contribution in [0.15, 0.2) is 36.4 Å². The first-order valence-corrected chi connectivity index (χ1v) is 17.5. The first-order valence-electron chi connectivity index (χ1n) is 16.8. The second-order valence-corrected chi connectivity index (χ2v) is 14.2. The number of amides is 1. The lowest BCUT2D eigenvalue weighted by Gasteiger charge is -2.34. The zero-order valence-electron chi connectivity index (χ0n) is 27.2. The standard InChI is InChI=1S/C20H29ClN2O3.C15H21ClN2O/c1-20(2,3)26-19(24)23-13-9-15(10-14-23)25-17-8-6-7-16(21)18(17)22-11-4-5-12-22;16-13-4-3-5-14(15(13)18-10-1-2-11-18)19-12-6-8-17-9-7-12/h6-8,15H,4-5,9-14H2,1-3H3;3-5,12,17H,1-2,6-11H2. The normalized spacial score (nSPS) is 19.7. The quantitative estimate of drug-likeness (QED) is 0.339. The van der Waals surface area contributed by atoms with Crippen molar-refractivity contribution >= 4 is 40.7 Å². The molecule has 2 aromatic carbocycles. The predicted octanol–water partition coefficient (Wildman–Crippen LogP) is 7.79. The second-order valence-electron chi connectivity index (χ2n) is 13.4. The molecule has 45 heavy (non-hydrogen) atoms. The lowest BCUT2D eigenvalue weighted by atomic mass is 10.1. The van der Waals surface area contributed by atoms with Gasteiger partial charge in [0.1, 0.15) is 29.3 Å². The van der Waals surface area contributed by atoms with E-state index in [4.69, 9.17) is 37.4 Å². The molecule has 1 amide bonds. The molecule has 4 aliphatic heterocycles. The van der Waals surface area contributed by atoms with Crippen molar-refractivity contribution in [1.82, 2.24) is 10.2 Å². The number of halogens is 2. The smallest absolute Gasteiger partial charge is 0.410 e. The number of likely N-dealkylation sites (tertiary alicyclic amines) is 1. The van der Waals surface area contributed by atoms with Crippen LogP contribution >= 0.6 is 23.2 Å². The van der Waals surface area contributed by atoms with Crippen molar-refractivity contribution in [1.29, 1.82) is 0 Å². The number of nitrogens with zero attached hydrogens (tertiary/aromatic N) is 3. The van der Waals surface area contributed by atoms with Crippen LogP contribution in [0.5, 0.6) is 11.5 Å². The van der Waals surface area contributed by atoms with Crippen LogP contribution in [-0.2, 0) is 4.74 Å². The molecule has 4 fully saturated rings. The van der Waals surface area contributed by atoms with Crippen molar-refractivity contribution in [2.45, 2.75) is 89.9 Å². The molecular weight excluding hydrogens is 611 g/mol.